The molecule has 2 nitrogen and oxygen atoms in total. The first-order chi connectivity index (χ1) is 8.25. The predicted molar refractivity (Wildman–Crippen MR) is 68.2 cm³/mol. The molecule has 3 rings (SSSR count). The second-order valence-electron chi connectivity index (χ2n) is 4.38. The first-order valence-electron chi connectivity index (χ1n) is 5.74. The van der Waals surface area contributed by atoms with Gasteiger partial charge in [-0.15, -0.1) is 0 Å². The van der Waals surface area contributed by atoms with Crippen molar-refractivity contribution in [1.29, 1.82) is 0 Å². The highest BCUT2D eigenvalue weighted by Gasteiger charge is 2.22. The van der Waals surface area contributed by atoms with Crippen LogP contribution in [0.5, 0.6) is 0 Å². The van der Waals surface area contributed by atoms with Gasteiger partial charge < -0.3 is 4.57 Å². The van der Waals surface area contributed by atoms with Crippen molar-refractivity contribution in [3.63, 3.8) is 0 Å². The molecule has 0 bridgehead atoms. The van der Waals surface area contributed by atoms with Gasteiger partial charge in [-0.3, -0.25) is 0 Å². The van der Waals surface area contributed by atoms with Crippen molar-refractivity contribution in [2.75, 3.05) is 0 Å². The van der Waals surface area contributed by atoms with Gasteiger partial charge in [-0.05, 0) is 59.5 Å². The van der Waals surface area contributed by atoms with Gasteiger partial charge in [0, 0.05) is 11.6 Å². The Labute approximate surface area is 108 Å². The molecule has 1 aromatic heterocycles. The van der Waals surface area contributed by atoms with Gasteiger partial charge >= 0.3 is 0 Å². The molecule has 0 saturated heterocycles. The minimum atomic E-state index is -0.219. The highest BCUT2D eigenvalue weighted by Crippen LogP contribution is 2.37. The fraction of sp³-hybridized carbons (Fsp3) is 0.308. The molecule has 1 aliphatic carbocycles. The summed E-state index contributed by atoms with van der Waals surface area (Å²) in [6.07, 6.45) is 5.60. The maximum absolute atomic E-state index is 12.9. The van der Waals surface area contributed by atoms with Crippen molar-refractivity contribution in [1.82, 2.24) is 9.55 Å². The normalized spacial score (nSPS) is 15.9. The number of benzene rings is 1. The van der Waals surface area contributed by atoms with Gasteiger partial charge in [0.2, 0.25) is 0 Å². The summed E-state index contributed by atoms with van der Waals surface area (Å²) < 4.78 is 16.0. The molecule has 0 unspecified atom stereocenters. The van der Waals surface area contributed by atoms with E-state index in [1.54, 1.807) is 12.1 Å². The van der Waals surface area contributed by atoms with Crippen LogP contribution in [0.4, 0.5) is 4.39 Å². The average Bonchev–Trinajstić information content (AvgIpc) is 2.60. The topological polar surface area (TPSA) is 17.8 Å². The molecule has 17 heavy (non-hydrogen) atoms. The zero-order chi connectivity index (χ0) is 11.8. The highest BCUT2D eigenvalue weighted by molar-refractivity contribution is 9.10. The number of aromatic nitrogens is 2. The van der Waals surface area contributed by atoms with Crippen LogP contribution in [0.2, 0.25) is 0 Å². The molecule has 1 aliphatic rings. The standard InChI is InChI=1S/C13H12BrFN2/c14-13-12(9-4-6-10(15)7-5-9)16-8-17(13)11-2-1-3-11/h4-8,11H,1-3H2. The van der Waals surface area contributed by atoms with Gasteiger partial charge in [-0.1, -0.05) is 0 Å². The first kappa shape index (κ1) is 11.0. The lowest BCUT2D eigenvalue weighted by molar-refractivity contribution is 0.309. The molecule has 1 aromatic carbocycles. The molecule has 0 amide bonds. The molecule has 1 heterocycles. The Morgan fingerprint density at radius 2 is 1.94 bits per heavy atom. The summed E-state index contributed by atoms with van der Waals surface area (Å²) in [5, 5.41) is 0. The summed E-state index contributed by atoms with van der Waals surface area (Å²) in [5.41, 5.74) is 1.83. The van der Waals surface area contributed by atoms with E-state index in [0.29, 0.717) is 6.04 Å². The largest absolute Gasteiger partial charge is 0.322 e. The molecule has 0 aliphatic heterocycles. The molecule has 0 spiro atoms. The van der Waals surface area contributed by atoms with E-state index in [1.807, 2.05) is 6.33 Å². The predicted octanol–water partition coefficient (Wildman–Crippen LogP) is 4.18. The third-order valence-corrected chi connectivity index (χ3v) is 4.10. The lowest BCUT2D eigenvalue weighted by Crippen LogP contribution is -2.16. The molecule has 2 aromatic rings. The highest BCUT2D eigenvalue weighted by atomic mass is 79.9. The van der Waals surface area contributed by atoms with Crippen LogP contribution in [0, 0.1) is 5.82 Å². The molecular weight excluding hydrogens is 283 g/mol. The SMILES string of the molecule is Fc1ccc(-c2ncn(C3CCC3)c2Br)cc1. The molecule has 1 saturated carbocycles. The van der Waals surface area contributed by atoms with Crippen LogP contribution >= 0.6 is 15.9 Å². The zero-order valence-electron chi connectivity index (χ0n) is 9.24. The summed E-state index contributed by atoms with van der Waals surface area (Å²) in [7, 11) is 0. The van der Waals surface area contributed by atoms with E-state index in [9.17, 15) is 4.39 Å². The average molecular weight is 295 g/mol. The Balaban J connectivity index is 1.97. The lowest BCUT2D eigenvalue weighted by atomic mass is 9.93. The Kier molecular flexibility index (Phi) is 2.74. The fourth-order valence-electron chi connectivity index (χ4n) is 2.07. The molecule has 4 heteroatoms. The molecule has 0 radical (unpaired) electrons. The lowest BCUT2D eigenvalue weighted by Gasteiger charge is -2.27. The molecule has 0 N–H and O–H groups in total. The summed E-state index contributed by atoms with van der Waals surface area (Å²) in [5.74, 6) is -0.219. The van der Waals surface area contributed by atoms with Crippen LogP contribution in [-0.2, 0) is 0 Å². The van der Waals surface area contributed by atoms with Crippen LogP contribution in [0.3, 0.4) is 0 Å². The maximum Gasteiger partial charge on any atom is 0.123 e. The monoisotopic (exact) mass is 294 g/mol. The number of hydrogen-bond donors (Lipinski definition) is 0. The molecule has 88 valence electrons. The summed E-state index contributed by atoms with van der Waals surface area (Å²) in [4.78, 5) is 4.41. The number of imidazole rings is 1. The third kappa shape index (κ3) is 1.90. The minimum absolute atomic E-state index is 0.219. The van der Waals surface area contributed by atoms with Crippen molar-refractivity contribution < 1.29 is 4.39 Å². The van der Waals surface area contributed by atoms with E-state index in [0.717, 1.165) is 15.9 Å². The van der Waals surface area contributed by atoms with E-state index in [4.69, 9.17) is 0 Å². The van der Waals surface area contributed by atoms with Crippen LogP contribution in [0.25, 0.3) is 11.3 Å². The summed E-state index contributed by atoms with van der Waals surface area (Å²) >= 11 is 3.59. The third-order valence-electron chi connectivity index (χ3n) is 3.32. The smallest absolute Gasteiger partial charge is 0.123 e. The number of hydrogen-bond acceptors (Lipinski definition) is 1. The van der Waals surface area contributed by atoms with Crippen molar-refractivity contribution >= 4 is 15.9 Å². The van der Waals surface area contributed by atoms with E-state index < -0.39 is 0 Å². The van der Waals surface area contributed by atoms with E-state index in [2.05, 4.69) is 25.5 Å². The number of halogens is 2. The van der Waals surface area contributed by atoms with Crippen LogP contribution in [0.1, 0.15) is 25.3 Å². The van der Waals surface area contributed by atoms with Gasteiger partial charge in [-0.25, -0.2) is 9.37 Å². The number of nitrogens with zero attached hydrogens (tertiary/aromatic N) is 2. The van der Waals surface area contributed by atoms with Crippen molar-refractivity contribution in [2.45, 2.75) is 25.3 Å². The second-order valence-corrected chi connectivity index (χ2v) is 5.13. The van der Waals surface area contributed by atoms with Crippen LogP contribution in [-0.4, -0.2) is 9.55 Å². The van der Waals surface area contributed by atoms with E-state index in [-0.39, 0.29) is 5.82 Å². The Morgan fingerprint density at radius 1 is 1.24 bits per heavy atom. The van der Waals surface area contributed by atoms with E-state index in [1.165, 1.54) is 31.4 Å². The van der Waals surface area contributed by atoms with Gasteiger partial charge in [-0.2, -0.15) is 0 Å². The summed E-state index contributed by atoms with van der Waals surface area (Å²) in [6, 6.07) is 7.01. The number of rotatable bonds is 2. The van der Waals surface area contributed by atoms with Gasteiger partial charge in [0.05, 0.1) is 6.33 Å². The van der Waals surface area contributed by atoms with Crippen LogP contribution in [0.15, 0.2) is 35.2 Å². The van der Waals surface area contributed by atoms with Gasteiger partial charge in [0.1, 0.15) is 16.1 Å². The second kappa shape index (κ2) is 4.26. The van der Waals surface area contributed by atoms with Gasteiger partial charge in [0.15, 0.2) is 0 Å². The molecular formula is C13H12BrFN2. The Bertz CT molecular complexity index is 529. The molecule has 0 atom stereocenters. The minimum Gasteiger partial charge on any atom is -0.322 e. The maximum atomic E-state index is 12.9. The zero-order valence-corrected chi connectivity index (χ0v) is 10.8. The van der Waals surface area contributed by atoms with Crippen molar-refractivity contribution in [3.8, 4) is 11.3 Å². The van der Waals surface area contributed by atoms with Crippen LogP contribution < -0.4 is 0 Å². The van der Waals surface area contributed by atoms with Gasteiger partial charge in [0.25, 0.3) is 0 Å². The Morgan fingerprint density at radius 3 is 2.53 bits per heavy atom. The van der Waals surface area contributed by atoms with E-state index >= 15 is 0 Å². The quantitative estimate of drug-likeness (QED) is 0.812. The van der Waals surface area contributed by atoms with Crippen molar-refractivity contribution in [2.24, 2.45) is 0 Å². The van der Waals surface area contributed by atoms with Crippen molar-refractivity contribution in [3.05, 3.63) is 41.0 Å². The Hall–Kier alpha value is -1.16. The summed E-state index contributed by atoms with van der Waals surface area (Å²) in [6.45, 7) is 0. The fourth-order valence-corrected chi connectivity index (χ4v) is 2.78. The molecule has 1 fully saturated rings. The first-order valence-corrected chi connectivity index (χ1v) is 6.53.